The van der Waals surface area contributed by atoms with Gasteiger partial charge in [0.2, 0.25) is 5.91 Å². The van der Waals surface area contributed by atoms with Crippen molar-refractivity contribution in [2.75, 3.05) is 7.11 Å². The van der Waals surface area contributed by atoms with Gasteiger partial charge in [-0.15, -0.1) is 0 Å². The molecule has 0 saturated carbocycles. The van der Waals surface area contributed by atoms with E-state index in [1.807, 2.05) is 43.4 Å². The van der Waals surface area contributed by atoms with Crippen LogP contribution in [0.3, 0.4) is 0 Å². The van der Waals surface area contributed by atoms with Gasteiger partial charge in [0.1, 0.15) is 11.6 Å². The fourth-order valence-corrected chi connectivity index (χ4v) is 3.95. The zero-order chi connectivity index (χ0) is 21.8. The normalized spacial score (nSPS) is 12.0. The molecule has 0 radical (unpaired) electrons. The Balaban J connectivity index is 1.61. The molecule has 0 aliphatic heterocycles. The number of hydrogen-bond donors (Lipinski definition) is 1. The van der Waals surface area contributed by atoms with Gasteiger partial charge in [-0.25, -0.2) is 4.39 Å². The van der Waals surface area contributed by atoms with Crippen molar-refractivity contribution in [2.24, 2.45) is 7.05 Å². The minimum Gasteiger partial charge on any atom is -0.497 e. The maximum absolute atomic E-state index is 13.1. The number of rotatable bonds is 7. The Morgan fingerprint density at radius 2 is 1.74 bits per heavy atom. The lowest BCUT2D eigenvalue weighted by Crippen LogP contribution is -2.25. The average molecular weight is 416 g/mol. The van der Waals surface area contributed by atoms with Crippen molar-refractivity contribution < 1.29 is 13.9 Å². The monoisotopic (exact) mass is 416 g/mol. The number of nitrogens with one attached hydrogen (secondary N) is 1. The van der Waals surface area contributed by atoms with Crippen LogP contribution in [0.4, 0.5) is 4.39 Å². The summed E-state index contributed by atoms with van der Waals surface area (Å²) in [4.78, 5) is 12.9. The third-order valence-electron chi connectivity index (χ3n) is 5.61. The molecular weight excluding hydrogens is 391 g/mol. The van der Waals surface area contributed by atoms with E-state index < -0.39 is 0 Å². The van der Waals surface area contributed by atoms with Crippen molar-refractivity contribution in [3.63, 3.8) is 0 Å². The molecule has 0 saturated heterocycles. The third-order valence-corrected chi connectivity index (χ3v) is 5.61. The van der Waals surface area contributed by atoms with Crippen LogP contribution in [0, 0.1) is 5.82 Å². The zero-order valence-electron chi connectivity index (χ0n) is 17.6. The molecule has 1 N–H and O–H groups in total. The first-order valence-electron chi connectivity index (χ1n) is 10.2. The number of halogens is 1. The molecule has 3 aromatic carbocycles. The van der Waals surface area contributed by atoms with Crippen molar-refractivity contribution in [3.8, 4) is 5.75 Å². The summed E-state index contributed by atoms with van der Waals surface area (Å²) in [7, 11) is 3.66. The second-order valence-electron chi connectivity index (χ2n) is 7.65. The average Bonchev–Trinajstić information content (AvgIpc) is 3.14. The molecule has 1 atom stereocenters. The van der Waals surface area contributed by atoms with Gasteiger partial charge in [-0.1, -0.05) is 42.5 Å². The number of para-hydroxylation sites is 1. The molecule has 4 aromatic rings. The molecule has 4 rings (SSSR count). The largest absolute Gasteiger partial charge is 0.497 e. The highest BCUT2D eigenvalue weighted by molar-refractivity contribution is 5.86. The summed E-state index contributed by atoms with van der Waals surface area (Å²) in [6, 6.07) is 22.2. The first-order valence-corrected chi connectivity index (χ1v) is 10.2. The lowest BCUT2D eigenvalue weighted by molar-refractivity contribution is -0.121. The smallest absolute Gasteiger partial charge is 0.221 e. The van der Waals surface area contributed by atoms with Crippen LogP contribution in [-0.4, -0.2) is 17.6 Å². The van der Waals surface area contributed by atoms with E-state index in [-0.39, 0.29) is 17.6 Å². The van der Waals surface area contributed by atoms with E-state index in [1.54, 1.807) is 19.2 Å². The standard InChI is InChI=1S/C26H25FN2O2/c1-29-17-24(22-5-3-4-6-25(22)29)23(19-9-13-21(31-2)14-10-19)15-26(30)28-16-18-7-11-20(27)12-8-18/h3-14,17,23H,15-16H2,1-2H3,(H,28,30). The number of aryl methyl sites for hydroxylation is 1. The lowest BCUT2D eigenvalue weighted by atomic mass is 9.88. The highest BCUT2D eigenvalue weighted by Crippen LogP contribution is 2.35. The molecule has 0 bridgehead atoms. The van der Waals surface area contributed by atoms with E-state index in [0.717, 1.165) is 33.3 Å². The van der Waals surface area contributed by atoms with Gasteiger partial charge in [-0.2, -0.15) is 0 Å². The van der Waals surface area contributed by atoms with Crippen LogP contribution in [-0.2, 0) is 18.4 Å². The second-order valence-corrected chi connectivity index (χ2v) is 7.65. The molecule has 1 amide bonds. The Bertz CT molecular complexity index is 1180. The first-order chi connectivity index (χ1) is 15.0. The van der Waals surface area contributed by atoms with E-state index in [1.165, 1.54) is 12.1 Å². The third kappa shape index (κ3) is 4.61. The van der Waals surface area contributed by atoms with Crippen LogP contribution in [0.1, 0.15) is 29.0 Å². The van der Waals surface area contributed by atoms with Crippen molar-refractivity contribution in [2.45, 2.75) is 18.9 Å². The second kappa shape index (κ2) is 9.04. The fourth-order valence-electron chi connectivity index (χ4n) is 3.95. The number of methoxy groups -OCH3 is 1. The minimum absolute atomic E-state index is 0.0573. The molecule has 1 aromatic heterocycles. The van der Waals surface area contributed by atoms with Crippen LogP contribution >= 0.6 is 0 Å². The van der Waals surface area contributed by atoms with Crippen LogP contribution in [0.25, 0.3) is 10.9 Å². The maximum Gasteiger partial charge on any atom is 0.221 e. The van der Waals surface area contributed by atoms with Crippen LogP contribution in [0.5, 0.6) is 5.75 Å². The molecule has 0 aliphatic carbocycles. The van der Waals surface area contributed by atoms with Gasteiger partial charge in [-0.3, -0.25) is 4.79 Å². The van der Waals surface area contributed by atoms with Crippen molar-refractivity contribution >= 4 is 16.8 Å². The van der Waals surface area contributed by atoms with E-state index >= 15 is 0 Å². The summed E-state index contributed by atoms with van der Waals surface area (Å²) in [5.74, 6) is 0.329. The van der Waals surface area contributed by atoms with Gasteiger partial charge in [0.05, 0.1) is 7.11 Å². The highest BCUT2D eigenvalue weighted by Gasteiger charge is 2.22. The molecule has 1 unspecified atom stereocenters. The Labute approximate surface area is 181 Å². The van der Waals surface area contributed by atoms with Gasteiger partial charge in [0, 0.05) is 43.0 Å². The van der Waals surface area contributed by atoms with Gasteiger partial charge in [0.15, 0.2) is 0 Å². The number of fused-ring (bicyclic) bond motifs is 1. The SMILES string of the molecule is COc1ccc(C(CC(=O)NCc2ccc(F)cc2)c2cn(C)c3ccccc23)cc1. The van der Waals surface area contributed by atoms with Crippen LogP contribution in [0.2, 0.25) is 0 Å². The molecule has 1 heterocycles. The summed E-state index contributed by atoms with van der Waals surface area (Å²) in [6.07, 6.45) is 2.41. The molecule has 0 aliphatic rings. The summed E-state index contributed by atoms with van der Waals surface area (Å²) < 4.78 is 20.5. The predicted molar refractivity (Wildman–Crippen MR) is 121 cm³/mol. The zero-order valence-corrected chi connectivity index (χ0v) is 17.6. The van der Waals surface area contributed by atoms with Gasteiger partial charge in [0.25, 0.3) is 0 Å². The highest BCUT2D eigenvalue weighted by atomic mass is 19.1. The number of amides is 1. The topological polar surface area (TPSA) is 43.3 Å². The maximum atomic E-state index is 13.1. The number of hydrogen-bond acceptors (Lipinski definition) is 2. The van der Waals surface area contributed by atoms with Gasteiger partial charge < -0.3 is 14.6 Å². The summed E-state index contributed by atoms with van der Waals surface area (Å²) >= 11 is 0. The molecule has 0 fully saturated rings. The molecule has 31 heavy (non-hydrogen) atoms. The Morgan fingerprint density at radius 3 is 2.45 bits per heavy atom. The van der Waals surface area contributed by atoms with Crippen LogP contribution in [0.15, 0.2) is 79.0 Å². The molecule has 5 heteroatoms. The number of benzene rings is 3. The van der Waals surface area contributed by atoms with Gasteiger partial charge in [-0.05, 0) is 47.0 Å². The number of aromatic nitrogens is 1. The quantitative estimate of drug-likeness (QED) is 0.452. The molecular formula is C26H25FN2O2. The van der Waals surface area contributed by atoms with Crippen LogP contribution < -0.4 is 10.1 Å². The van der Waals surface area contributed by atoms with Crippen molar-refractivity contribution in [3.05, 3.63) is 102 Å². The Morgan fingerprint density at radius 1 is 1.03 bits per heavy atom. The Kier molecular flexibility index (Phi) is 6.03. The summed E-state index contributed by atoms with van der Waals surface area (Å²) in [5.41, 5.74) is 4.15. The Hall–Kier alpha value is -3.60. The summed E-state index contributed by atoms with van der Waals surface area (Å²) in [6.45, 7) is 0.365. The molecule has 158 valence electrons. The number of carbonyl (C=O) groups is 1. The minimum atomic E-state index is -0.286. The number of carbonyl (C=O) groups excluding carboxylic acids is 1. The van der Waals surface area contributed by atoms with Crippen molar-refractivity contribution in [1.82, 2.24) is 9.88 Å². The van der Waals surface area contributed by atoms with E-state index in [9.17, 15) is 9.18 Å². The lowest BCUT2D eigenvalue weighted by Gasteiger charge is -2.18. The fraction of sp³-hybridized carbons (Fsp3) is 0.192. The van der Waals surface area contributed by atoms with Gasteiger partial charge >= 0.3 is 0 Å². The number of nitrogens with zero attached hydrogens (tertiary/aromatic N) is 1. The van der Waals surface area contributed by atoms with E-state index in [4.69, 9.17) is 4.74 Å². The van der Waals surface area contributed by atoms with E-state index in [2.05, 4.69) is 28.2 Å². The van der Waals surface area contributed by atoms with Crippen molar-refractivity contribution in [1.29, 1.82) is 0 Å². The first kappa shape index (κ1) is 20.7. The number of ether oxygens (including phenoxy) is 1. The summed E-state index contributed by atoms with van der Waals surface area (Å²) in [5, 5.41) is 4.11. The molecule has 0 spiro atoms. The van der Waals surface area contributed by atoms with E-state index in [0.29, 0.717) is 13.0 Å². The molecule has 4 nitrogen and oxygen atoms in total. The predicted octanol–water partition coefficient (Wildman–Crippen LogP) is 5.16.